The van der Waals surface area contributed by atoms with Crippen LogP contribution in [-0.4, -0.2) is 48.6 Å². The Hall–Kier alpha value is -1.95. The number of amides is 2. The van der Waals surface area contributed by atoms with Crippen molar-refractivity contribution in [1.29, 1.82) is 0 Å². The van der Waals surface area contributed by atoms with Crippen LogP contribution in [0, 0.1) is 5.82 Å². The van der Waals surface area contributed by atoms with E-state index in [1.54, 1.807) is 17.0 Å². The predicted molar refractivity (Wildman–Crippen MR) is 83.5 cm³/mol. The van der Waals surface area contributed by atoms with Gasteiger partial charge in [-0.15, -0.1) is 0 Å². The van der Waals surface area contributed by atoms with E-state index in [4.69, 9.17) is 4.74 Å². The standard InChI is InChI=1S/C17H21FN2O3/c1-2-4-15(21)19-8-7-17(11-19)12-20(16(22)10-23-17)14-6-3-5-13(18)9-14/h3,5-6,9H,2,4,7-8,10-12H2,1H3. The molecule has 0 aliphatic carbocycles. The molecule has 2 heterocycles. The summed E-state index contributed by atoms with van der Waals surface area (Å²) in [5, 5.41) is 0. The third-order valence-corrected chi connectivity index (χ3v) is 4.50. The quantitative estimate of drug-likeness (QED) is 0.855. The van der Waals surface area contributed by atoms with Gasteiger partial charge in [-0.2, -0.15) is 0 Å². The maximum absolute atomic E-state index is 13.4. The first-order valence-electron chi connectivity index (χ1n) is 8.01. The molecule has 0 radical (unpaired) electrons. The van der Waals surface area contributed by atoms with Crippen LogP contribution in [0.2, 0.25) is 0 Å². The summed E-state index contributed by atoms with van der Waals surface area (Å²) in [5.74, 6) is -0.427. The molecule has 124 valence electrons. The minimum atomic E-state index is -0.538. The van der Waals surface area contributed by atoms with Gasteiger partial charge in [0.25, 0.3) is 5.91 Å². The van der Waals surface area contributed by atoms with Crippen molar-refractivity contribution in [3.8, 4) is 0 Å². The van der Waals surface area contributed by atoms with Gasteiger partial charge in [0.05, 0.1) is 13.1 Å². The Balaban J connectivity index is 1.76. The summed E-state index contributed by atoms with van der Waals surface area (Å²) in [4.78, 5) is 27.6. The third-order valence-electron chi connectivity index (χ3n) is 4.50. The van der Waals surface area contributed by atoms with Crippen LogP contribution < -0.4 is 4.90 Å². The summed E-state index contributed by atoms with van der Waals surface area (Å²) in [5.41, 5.74) is -0.0000945. The van der Waals surface area contributed by atoms with Gasteiger partial charge in [-0.25, -0.2) is 4.39 Å². The minimum Gasteiger partial charge on any atom is -0.361 e. The molecule has 2 fully saturated rings. The van der Waals surface area contributed by atoms with Crippen molar-refractivity contribution in [1.82, 2.24) is 4.90 Å². The molecule has 2 aliphatic heterocycles. The summed E-state index contributed by atoms with van der Waals surface area (Å²) in [6, 6.07) is 6.01. The molecule has 2 amide bonds. The minimum absolute atomic E-state index is 0.0354. The van der Waals surface area contributed by atoms with E-state index in [1.807, 2.05) is 11.8 Å². The number of ether oxygens (including phenoxy) is 1. The largest absolute Gasteiger partial charge is 0.361 e. The van der Waals surface area contributed by atoms with E-state index in [0.717, 1.165) is 6.42 Å². The number of benzene rings is 1. The lowest BCUT2D eigenvalue weighted by atomic mass is 10.00. The molecule has 1 atom stereocenters. The van der Waals surface area contributed by atoms with Crippen molar-refractivity contribution in [3.63, 3.8) is 0 Å². The molecule has 6 heteroatoms. The molecule has 2 saturated heterocycles. The molecule has 0 aromatic heterocycles. The lowest BCUT2D eigenvalue weighted by molar-refractivity contribution is -0.139. The van der Waals surface area contributed by atoms with Gasteiger partial charge >= 0.3 is 0 Å². The summed E-state index contributed by atoms with van der Waals surface area (Å²) in [7, 11) is 0. The van der Waals surface area contributed by atoms with Crippen LogP contribution in [0.4, 0.5) is 10.1 Å². The van der Waals surface area contributed by atoms with Crippen molar-refractivity contribution in [2.24, 2.45) is 0 Å². The van der Waals surface area contributed by atoms with Crippen molar-refractivity contribution < 1.29 is 18.7 Å². The van der Waals surface area contributed by atoms with Gasteiger partial charge in [-0.05, 0) is 31.0 Å². The zero-order chi connectivity index (χ0) is 16.4. The van der Waals surface area contributed by atoms with Crippen molar-refractivity contribution in [3.05, 3.63) is 30.1 Å². The van der Waals surface area contributed by atoms with E-state index in [0.29, 0.717) is 38.2 Å². The SMILES string of the molecule is CCCC(=O)N1CCC2(C1)CN(c1cccc(F)c1)C(=O)CO2. The van der Waals surface area contributed by atoms with Gasteiger partial charge in [-0.1, -0.05) is 13.0 Å². The molecule has 1 aromatic rings. The highest BCUT2D eigenvalue weighted by Gasteiger charge is 2.46. The fourth-order valence-electron chi connectivity index (χ4n) is 3.27. The van der Waals surface area contributed by atoms with Gasteiger partial charge in [0.15, 0.2) is 0 Å². The highest BCUT2D eigenvalue weighted by molar-refractivity contribution is 5.95. The molecule has 5 nitrogen and oxygen atoms in total. The average molecular weight is 320 g/mol. The molecule has 1 spiro atoms. The van der Waals surface area contributed by atoms with E-state index in [9.17, 15) is 14.0 Å². The number of nitrogens with zero attached hydrogens (tertiary/aromatic N) is 2. The predicted octanol–water partition coefficient (Wildman–Crippen LogP) is 1.96. The molecule has 23 heavy (non-hydrogen) atoms. The lowest BCUT2D eigenvalue weighted by Gasteiger charge is -2.40. The van der Waals surface area contributed by atoms with E-state index >= 15 is 0 Å². The first kappa shape index (κ1) is 15.9. The van der Waals surface area contributed by atoms with Gasteiger partial charge in [0, 0.05) is 18.7 Å². The summed E-state index contributed by atoms with van der Waals surface area (Å²) < 4.78 is 19.2. The Bertz CT molecular complexity index is 622. The lowest BCUT2D eigenvalue weighted by Crippen LogP contribution is -2.56. The van der Waals surface area contributed by atoms with Crippen LogP contribution in [0.3, 0.4) is 0 Å². The van der Waals surface area contributed by atoms with Gasteiger partial charge < -0.3 is 14.5 Å². The summed E-state index contributed by atoms with van der Waals surface area (Å²) in [6.07, 6.45) is 2.04. The second-order valence-electron chi connectivity index (χ2n) is 6.25. The monoisotopic (exact) mass is 320 g/mol. The normalized spacial score (nSPS) is 24.5. The summed E-state index contributed by atoms with van der Waals surface area (Å²) in [6.45, 7) is 3.43. The zero-order valence-corrected chi connectivity index (χ0v) is 13.3. The molecule has 2 aliphatic rings. The first-order chi connectivity index (χ1) is 11.0. The van der Waals surface area contributed by atoms with Crippen LogP contribution in [0.1, 0.15) is 26.2 Å². The van der Waals surface area contributed by atoms with Crippen molar-refractivity contribution >= 4 is 17.5 Å². The van der Waals surface area contributed by atoms with Gasteiger partial charge in [0.1, 0.15) is 18.0 Å². The summed E-state index contributed by atoms with van der Waals surface area (Å²) >= 11 is 0. The topological polar surface area (TPSA) is 49.9 Å². The Morgan fingerprint density at radius 2 is 2.22 bits per heavy atom. The van der Waals surface area contributed by atoms with Crippen LogP contribution in [0.5, 0.6) is 0 Å². The second-order valence-corrected chi connectivity index (χ2v) is 6.25. The molecule has 1 unspecified atom stereocenters. The number of carbonyl (C=O) groups excluding carboxylic acids is 2. The average Bonchev–Trinajstić information content (AvgIpc) is 2.94. The van der Waals surface area contributed by atoms with Crippen LogP contribution in [0.25, 0.3) is 0 Å². The zero-order valence-electron chi connectivity index (χ0n) is 13.3. The van der Waals surface area contributed by atoms with Gasteiger partial charge in [-0.3, -0.25) is 9.59 Å². The maximum atomic E-state index is 13.4. The molecule has 0 saturated carbocycles. The highest BCUT2D eigenvalue weighted by Crippen LogP contribution is 2.32. The number of rotatable bonds is 3. The fraction of sp³-hybridized carbons (Fsp3) is 0.529. The molecular formula is C17H21FN2O3. The molecule has 0 bridgehead atoms. The third kappa shape index (κ3) is 3.22. The molecule has 3 rings (SSSR count). The van der Waals surface area contributed by atoms with Crippen LogP contribution >= 0.6 is 0 Å². The Morgan fingerprint density at radius 1 is 1.39 bits per heavy atom. The number of morpholine rings is 1. The van der Waals surface area contributed by atoms with Crippen LogP contribution in [-0.2, 0) is 14.3 Å². The molecule has 0 N–H and O–H groups in total. The second kappa shape index (κ2) is 6.28. The van der Waals surface area contributed by atoms with E-state index in [1.165, 1.54) is 12.1 Å². The van der Waals surface area contributed by atoms with Gasteiger partial charge in [0.2, 0.25) is 5.91 Å². The van der Waals surface area contributed by atoms with E-state index in [2.05, 4.69) is 0 Å². The Kier molecular flexibility index (Phi) is 4.35. The van der Waals surface area contributed by atoms with E-state index < -0.39 is 5.60 Å². The van der Waals surface area contributed by atoms with Crippen molar-refractivity contribution in [2.75, 3.05) is 31.1 Å². The Morgan fingerprint density at radius 3 is 2.96 bits per heavy atom. The highest BCUT2D eigenvalue weighted by atomic mass is 19.1. The first-order valence-corrected chi connectivity index (χ1v) is 8.01. The fourth-order valence-corrected chi connectivity index (χ4v) is 3.27. The number of halogens is 1. The number of carbonyl (C=O) groups is 2. The number of anilines is 1. The Labute approximate surface area is 135 Å². The van der Waals surface area contributed by atoms with Crippen LogP contribution in [0.15, 0.2) is 24.3 Å². The number of hydrogen-bond acceptors (Lipinski definition) is 3. The smallest absolute Gasteiger partial charge is 0.253 e. The molecule has 1 aromatic carbocycles. The number of likely N-dealkylation sites (tertiary alicyclic amines) is 1. The van der Waals surface area contributed by atoms with E-state index in [-0.39, 0.29) is 24.2 Å². The maximum Gasteiger partial charge on any atom is 0.253 e. The number of hydrogen-bond donors (Lipinski definition) is 0. The molecular weight excluding hydrogens is 299 g/mol. The van der Waals surface area contributed by atoms with Crippen molar-refractivity contribution in [2.45, 2.75) is 31.8 Å².